The number of pyridine rings is 1. The number of likely N-dealkylation sites (tertiary alicyclic amines) is 1. The highest BCUT2D eigenvalue weighted by molar-refractivity contribution is 5.94. The molecule has 0 bridgehead atoms. The van der Waals surface area contributed by atoms with E-state index in [1.807, 2.05) is 24.8 Å². The Morgan fingerprint density at radius 3 is 2.61 bits per heavy atom. The Labute approximate surface area is 224 Å². The van der Waals surface area contributed by atoms with E-state index < -0.39 is 0 Å². The normalized spacial score (nSPS) is 17.9. The highest BCUT2D eigenvalue weighted by Crippen LogP contribution is 2.33. The van der Waals surface area contributed by atoms with Crippen molar-refractivity contribution in [2.24, 2.45) is 5.92 Å². The Kier molecular flexibility index (Phi) is 7.39. The maximum absolute atomic E-state index is 14.9. The third-order valence-corrected chi connectivity index (χ3v) is 8.04. The van der Waals surface area contributed by atoms with Crippen molar-refractivity contribution in [1.82, 2.24) is 14.8 Å². The highest BCUT2D eigenvalue weighted by Gasteiger charge is 2.28. The van der Waals surface area contributed by atoms with Gasteiger partial charge in [-0.2, -0.15) is 0 Å². The number of piperidine rings is 1. The lowest BCUT2D eigenvalue weighted by molar-refractivity contribution is -0.136. The van der Waals surface area contributed by atoms with Gasteiger partial charge in [-0.05, 0) is 107 Å². The smallest absolute Gasteiger partial charge is 0.226 e. The Balaban J connectivity index is 1.38. The first-order chi connectivity index (χ1) is 18.2. The molecular weight excluding hydrogens is 477 g/mol. The van der Waals surface area contributed by atoms with Gasteiger partial charge < -0.3 is 20.9 Å². The van der Waals surface area contributed by atoms with Crippen LogP contribution in [-0.4, -0.2) is 53.9 Å². The molecule has 3 heterocycles. The number of aryl methyl sites for hydroxylation is 2. The first kappa shape index (κ1) is 26.2. The van der Waals surface area contributed by atoms with Crippen molar-refractivity contribution in [3.05, 3.63) is 70.7 Å². The lowest BCUT2D eigenvalue weighted by Crippen LogP contribution is -2.43. The van der Waals surface area contributed by atoms with E-state index >= 15 is 0 Å². The number of hydrogen-bond donors (Lipinski definition) is 2. The van der Waals surface area contributed by atoms with Gasteiger partial charge in [0, 0.05) is 47.0 Å². The molecule has 1 atom stereocenters. The molecule has 38 heavy (non-hydrogen) atoms. The van der Waals surface area contributed by atoms with Gasteiger partial charge in [0.2, 0.25) is 5.91 Å². The molecule has 0 spiro atoms. The molecule has 2 aromatic carbocycles. The Morgan fingerprint density at radius 2 is 1.89 bits per heavy atom. The van der Waals surface area contributed by atoms with E-state index in [4.69, 9.17) is 10.7 Å². The van der Waals surface area contributed by atoms with Crippen LogP contribution in [0.15, 0.2) is 42.5 Å². The minimum absolute atomic E-state index is 0.153. The second-order valence-corrected chi connectivity index (χ2v) is 11.0. The number of nitrogens with two attached hydrogens (primary N) is 1. The molecule has 0 saturated carbocycles. The monoisotopic (exact) mass is 515 g/mol. The third-order valence-electron chi connectivity index (χ3n) is 8.04. The van der Waals surface area contributed by atoms with E-state index in [0.717, 1.165) is 66.7 Å². The fourth-order valence-electron chi connectivity index (χ4n) is 5.77. The molecular formula is C31H38FN5O. The molecule has 3 aromatic rings. The fraction of sp³-hybridized carbons (Fsp3) is 0.419. The number of benzene rings is 2. The van der Waals surface area contributed by atoms with Crippen LogP contribution in [0.25, 0.3) is 16.5 Å². The molecule has 7 heteroatoms. The van der Waals surface area contributed by atoms with Crippen LogP contribution >= 0.6 is 0 Å². The minimum atomic E-state index is -0.279. The number of hydrogen-bond acceptors (Lipinski definition) is 5. The zero-order valence-electron chi connectivity index (χ0n) is 22.9. The van der Waals surface area contributed by atoms with Crippen LogP contribution in [0.3, 0.4) is 0 Å². The number of carbonyl (C=O) groups is 1. The number of rotatable bonds is 5. The molecule has 200 valence electrons. The summed E-state index contributed by atoms with van der Waals surface area (Å²) in [6.07, 6.45) is 4.93. The minimum Gasteiger partial charge on any atom is -0.399 e. The summed E-state index contributed by atoms with van der Waals surface area (Å²) < 4.78 is 14.9. The molecule has 2 aliphatic rings. The summed E-state index contributed by atoms with van der Waals surface area (Å²) in [4.78, 5) is 22.1. The molecule has 1 aromatic heterocycles. The van der Waals surface area contributed by atoms with E-state index in [9.17, 15) is 9.18 Å². The average Bonchev–Trinajstić information content (AvgIpc) is 2.90. The van der Waals surface area contributed by atoms with Crippen molar-refractivity contribution >= 4 is 33.8 Å². The molecule has 1 fully saturated rings. The third kappa shape index (κ3) is 5.39. The summed E-state index contributed by atoms with van der Waals surface area (Å²) in [7, 11) is 2.12. The number of amides is 1. The van der Waals surface area contributed by atoms with Crippen molar-refractivity contribution in [3.63, 3.8) is 0 Å². The summed E-state index contributed by atoms with van der Waals surface area (Å²) in [5.41, 5.74) is 12.7. The molecule has 1 amide bonds. The number of nitrogens with zero attached hydrogens (tertiary/aromatic N) is 3. The lowest BCUT2D eigenvalue weighted by atomic mass is 9.93. The van der Waals surface area contributed by atoms with Gasteiger partial charge in [0.25, 0.3) is 0 Å². The highest BCUT2D eigenvalue weighted by atomic mass is 19.1. The SMILES string of the molecule is Cc1cc(N[C@H](C)c2cc(N)cc(C)c2F)c2cc(C3=CCN(C(=O)C4CCN(C)CC4)CC3)ccc2n1. The average molecular weight is 516 g/mol. The second kappa shape index (κ2) is 10.7. The predicted molar refractivity (Wildman–Crippen MR) is 153 cm³/mol. The summed E-state index contributed by atoms with van der Waals surface area (Å²) in [6.45, 7) is 9.04. The zero-order valence-corrected chi connectivity index (χ0v) is 22.9. The van der Waals surface area contributed by atoms with Gasteiger partial charge in [-0.25, -0.2) is 4.39 Å². The number of carbonyl (C=O) groups excluding carboxylic acids is 1. The summed E-state index contributed by atoms with van der Waals surface area (Å²) in [6, 6.07) is 11.4. The number of nitrogen functional groups attached to an aromatic ring is 1. The van der Waals surface area contributed by atoms with Crippen molar-refractivity contribution in [2.45, 2.75) is 46.1 Å². The summed E-state index contributed by atoms with van der Waals surface area (Å²) in [5.74, 6) is 0.220. The van der Waals surface area contributed by atoms with Crippen molar-refractivity contribution in [1.29, 1.82) is 0 Å². The quantitative estimate of drug-likeness (QED) is 0.426. The summed E-state index contributed by atoms with van der Waals surface area (Å²) in [5, 5.41) is 4.51. The van der Waals surface area contributed by atoms with Gasteiger partial charge in [-0.3, -0.25) is 9.78 Å². The lowest BCUT2D eigenvalue weighted by Gasteiger charge is -2.34. The van der Waals surface area contributed by atoms with E-state index in [0.29, 0.717) is 29.3 Å². The number of fused-ring (bicyclic) bond motifs is 1. The van der Waals surface area contributed by atoms with Gasteiger partial charge in [0.15, 0.2) is 0 Å². The van der Waals surface area contributed by atoms with Gasteiger partial charge in [-0.15, -0.1) is 0 Å². The zero-order chi connectivity index (χ0) is 27.0. The Morgan fingerprint density at radius 1 is 1.13 bits per heavy atom. The number of nitrogens with one attached hydrogen (secondary N) is 1. The van der Waals surface area contributed by atoms with Crippen LogP contribution in [0.4, 0.5) is 15.8 Å². The maximum Gasteiger partial charge on any atom is 0.226 e. The standard InChI is InChI=1S/C31H38FN5O/c1-19-15-25(33)18-26(30(19)32)21(3)35-29-16-20(2)34-28-6-5-24(17-27(28)29)22-9-13-37(14-10-22)31(38)23-7-11-36(4)12-8-23/h5-6,9,15-18,21,23H,7-8,10-14,33H2,1-4H3,(H,34,35)/t21-/m1/s1. The summed E-state index contributed by atoms with van der Waals surface area (Å²) >= 11 is 0. The Bertz CT molecular complexity index is 1390. The van der Waals surface area contributed by atoms with Crippen molar-refractivity contribution in [2.75, 3.05) is 44.3 Å². The van der Waals surface area contributed by atoms with Gasteiger partial charge in [-0.1, -0.05) is 12.1 Å². The number of anilines is 2. The largest absolute Gasteiger partial charge is 0.399 e. The van der Waals surface area contributed by atoms with Crippen LogP contribution in [0.5, 0.6) is 0 Å². The molecule has 2 aliphatic heterocycles. The molecule has 6 nitrogen and oxygen atoms in total. The molecule has 1 saturated heterocycles. The molecule has 0 aliphatic carbocycles. The second-order valence-electron chi connectivity index (χ2n) is 11.0. The van der Waals surface area contributed by atoms with Crippen LogP contribution in [0, 0.1) is 25.6 Å². The van der Waals surface area contributed by atoms with Crippen LogP contribution in [0.1, 0.15) is 54.6 Å². The maximum atomic E-state index is 14.9. The fourth-order valence-corrected chi connectivity index (χ4v) is 5.77. The first-order valence-electron chi connectivity index (χ1n) is 13.6. The van der Waals surface area contributed by atoms with E-state index in [2.05, 4.69) is 41.5 Å². The number of halogens is 1. The van der Waals surface area contributed by atoms with Crippen LogP contribution in [-0.2, 0) is 4.79 Å². The Hall–Kier alpha value is -3.45. The van der Waals surface area contributed by atoms with Gasteiger partial charge in [0.05, 0.1) is 11.6 Å². The van der Waals surface area contributed by atoms with Gasteiger partial charge in [0.1, 0.15) is 5.82 Å². The van der Waals surface area contributed by atoms with E-state index in [-0.39, 0.29) is 17.8 Å². The molecule has 0 unspecified atom stereocenters. The van der Waals surface area contributed by atoms with Gasteiger partial charge >= 0.3 is 0 Å². The molecule has 0 radical (unpaired) electrons. The van der Waals surface area contributed by atoms with Crippen molar-refractivity contribution in [3.8, 4) is 0 Å². The molecule has 3 N–H and O–H groups in total. The topological polar surface area (TPSA) is 74.5 Å². The van der Waals surface area contributed by atoms with Crippen LogP contribution in [0.2, 0.25) is 0 Å². The van der Waals surface area contributed by atoms with Crippen molar-refractivity contribution < 1.29 is 9.18 Å². The van der Waals surface area contributed by atoms with Crippen LogP contribution < -0.4 is 11.1 Å². The predicted octanol–water partition coefficient (Wildman–Crippen LogP) is 5.70. The molecule has 5 rings (SSSR count). The van der Waals surface area contributed by atoms with E-state index in [1.54, 1.807) is 19.1 Å². The number of aromatic nitrogens is 1. The van der Waals surface area contributed by atoms with E-state index in [1.165, 1.54) is 5.57 Å². The first-order valence-corrected chi connectivity index (χ1v) is 13.6.